The number of fused-ring (bicyclic) bond motifs is 1. The first-order chi connectivity index (χ1) is 10.1. The number of halogens is 2. The molecule has 0 bridgehead atoms. The van der Waals surface area contributed by atoms with Gasteiger partial charge >= 0.3 is 0 Å². The van der Waals surface area contributed by atoms with E-state index in [-0.39, 0.29) is 10.8 Å². The number of hydrogen-bond acceptors (Lipinski definition) is 3. The van der Waals surface area contributed by atoms with Gasteiger partial charge in [-0.25, -0.2) is 9.49 Å². The van der Waals surface area contributed by atoms with E-state index in [9.17, 15) is 9.18 Å². The third kappa shape index (κ3) is 2.75. The smallest absolute Gasteiger partial charge is 0.285 e. The molecule has 0 unspecified atom stereocenters. The minimum absolute atomic E-state index is 0.0889. The van der Waals surface area contributed by atoms with Gasteiger partial charge in [-0.3, -0.25) is 4.79 Å². The lowest BCUT2D eigenvalue weighted by Gasteiger charge is -2.06. The van der Waals surface area contributed by atoms with Crippen LogP contribution >= 0.6 is 11.6 Å². The zero-order chi connectivity index (χ0) is 14.8. The Labute approximate surface area is 124 Å². The van der Waals surface area contributed by atoms with E-state index >= 15 is 0 Å². The van der Waals surface area contributed by atoms with Crippen molar-refractivity contribution in [2.45, 2.75) is 6.42 Å². The van der Waals surface area contributed by atoms with Crippen LogP contribution in [0.15, 0.2) is 35.4 Å². The molecular weight excluding hydrogens is 295 g/mol. The van der Waals surface area contributed by atoms with E-state index in [1.807, 2.05) is 6.20 Å². The summed E-state index contributed by atoms with van der Waals surface area (Å²) in [5.41, 5.74) is 1.89. The van der Waals surface area contributed by atoms with Gasteiger partial charge in [-0.2, -0.15) is 5.10 Å². The van der Waals surface area contributed by atoms with Gasteiger partial charge in [-0.15, -0.1) is 0 Å². The van der Waals surface area contributed by atoms with Crippen LogP contribution in [-0.4, -0.2) is 21.7 Å². The monoisotopic (exact) mass is 306 g/mol. The van der Waals surface area contributed by atoms with Crippen molar-refractivity contribution in [2.75, 3.05) is 11.9 Å². The lowest BCUT2D eigenvalue weighted by molar-refractivity contribution is 0.629. The zero-order valence-electron chi connectivity index (χ0n) is 10.9. The molecule has 0 atom stereocenters. The van der Waals surface area contributed by atoms with E-state index in [4.69, 9.17) is 11.6 Å². The first-order valence-electron chi connectivity index (χ1n) is 6.38. The third-order valence-electron chi connectivity index (χ3n) is 3.23. The number of rotatable bonds is 4. The Balaban J connectivity index is 1.72. The molecular formula is C14H12ClFN4O. The molecule has 0 saturated heterocycles. The molecule has 21 heavy (non-hydrogen) atoms. The fourth-order valence-electron chi connectivity index (χ4n) is 2.20. The van der Waals surface area contributed by atoms with Crippen molar-refractivity contribution in [3.05, 3.63) is 57.3 Å². The average Bonchev–Trinajstić information content (AvgIpc) is 2.86. The van der Waals surface area contributed by atoms with Gasteiger partial charge in [0.15, 0.2) is 0 Å². The van der Waals surface area contributed by atoms with E-state index in [1.165, 1.54) is 18.3 Å². The highest BCUT2D eigenvalue weighted by Crippen LogP contribution is 2.20. The molecule has 3 aromatic rings. The summed E-state index contributed by atoms with van der Waals surface area (Å²) < 4.78 is 13.1. The van der Waals surface area contributed by atoms with Crippen molar-refractivity contribution in [1.29, 1.82) is 0 Å². The van der Waals surface area contributed by atoms with Gasteiger partial charge in [0.25, 0.3) is 5.56 Å². The van der Waals surface area contributed by atoms with Gasteiger partial charge in [0.2, 0.25) is 0 Å². The summed E-state index contributed by atoms with van der Waals surface area (Å²) in [6, 6.07) is 4.65. The largest absolute Gasteiger partial charge is 0.382 e. The van der Waals surface area contributed by atoms with Crippen LogP contribution in [0.4, 0.5) is 10.1 Å². The fraction of sp³-hybridized carbons (Fsp3) is 0.143. The van der Waals surface area contributed by atoms with Gasteiger partial charge in [-0.1, -0.05) is 11.6 Å². The molecule has 3 rings (SSSR count). The summed E-state index contributed by atoms with van der Waals surface area (Å²) in [5.74, 6) is -0.268. The highest BCUT2D eigenvalue weighted by Gasteiger charge is 2.07. The van der Waals surface area contributed by atoms with Gasteiger partial charge in [0.05, 0.1) is 11.9 Å². The predicted molar refractivity (Wildman–Crippen MR) is 80.3 cm³/mol. The number of aromatic amines is 2. The molecule has 0 aliphatic heterocycles. The Morgan fingerprint density at radius 1 is 1.38 bits per heavy atom. The molecule has 1 aromatic carbocycles. The van der Waals surface area contributed by atoms with Crippen molar-refractivity contribution in [2.24, 2.45) is 0 Å². The van der Waals surface area contributed by atoms with Crippen LogP contribution < -0.4 is 10.9 Å². The summed E-state index contributed by atoms with van der Waals surface area (Å²) >= 11 is 5.87. The van der Waals surface area contributed by atoms with Crippen LogP contribution in [0.25, 0.3) is 10.9 Å². The fourth-order valence-corrected chi connectivity index (χ4v) is 2.36. The molecule has 0 spiro atoms. The number of hydrogen-bond donors (Lipinski definition) is 3. The Morgan fingerprint density at radius 3 is 3.10 bits per heavy atom. The quantitative estimate of drug-likeness (QED) is 0.694. The maximum Gasteiger partial charge on any atom is 0.285 e. The average molecular weight is 307 g/mol. The van der Waals surface area contributed by atoms with Crippen molar-refractivity contribution >= 4 is 28.2 Å². The summed E-state index contributed by atoms with van der Waals surface area (Å²) in [6.45, 7) is 0.579. The topological polar surface area (TPSA) is 73.6 Å². The van der Waals surface area contributed by atoms with Gasteiger partial charge in [-0.05, 0) is 30.2 Å². The highest BCUT2D eigenvalue weighted by atomic mass is 35.5. The summed E-state index contributed by atoms with van der Waals surface area (Å²) in [7, 11) is 0. The molecule has 2 heterocycles. The van der Waals surface area contributed by atoms with Gasteiger partial charge in [0.1, 0.15) is 10.8 Å². The Kier molecular flexibility index (Phi) is 3.62. The first kappa shape index (κ1) is 13.6. The maximum atomic E-state index is 13.1. The summed E-state index contributed by atoms with van der Waals surface area (Å²) in [6.07, 6.45) is 4.02. The van der Waals surface area contributed by atoms with Crippen molar-refractivity contribution in [3.63, 3.8) is 0 Å². The first-order valence-corrected chi connectivity index (χ1v) is 6.75. The third-order valence-corrected chi connectivity index (χ3v) is 3.61. The van der Waals surface area contributed by atoms with Crippen LogP contribution in [0, 0.1) is 5.82 Å². The molecule has 2 aromatic heterocycles. The van der Waals surface area contributed by atoms with Crippen LogP contribution in [0.2, 0.25) is 5.02 Å². The number of H-pyrrole nitrogens is 2. The summed E-state index contributed by atoms with van der Waals surface area (Å²) in [4.78, 5) is 14.3. The SMILES string of the molecule is O=c1[nH]ncc(NCCc2c[nH]c3cc(F)ccc23)c1Cl. The molecule has 7 heteroatoms. The number of nitrogens with one attached hydrogen (secondary N) is 3. The molecule has 5 nitrogen and oxygen atoms in total. The van der Waals surface area contributed by atoms with E-state index in [0.29, 0.717) is 18.7 Å². The van der Waals surface area contributed by atoms with Crippen molar-refractivity contribution in [3.8, 4) is 0 Å². The van der Waals surface area contributed by atoms with Gasteiger partial charge in [0, 0.05) is 23.6 Å². The Bertz CT molecular complexity index is 842. The van der Waals surface area contributed by atoms with Crippen LogP contribution in [-0.2, 0) is 6.42 Å². The van der Waals surface area contributed by atoms with Crippen molar-refractivity contribution < 1.29 is 4.39 Å². The predicted octanol–water partition coefficient (Wildman–Crippen LogP) is 2.70. The Morgan fingerprint density at radius 2 is 2.24 bits per heavy atom. The second-order valence-corrected chi connectivity index (χ2v) is 4.99. The van der Waals surface area contributed by atoms with Crippen LogP contribution in [0.5, 0.6) is 0 Å². The molecule has 0 aliphatic carbocycles. The number of anilines is 1. The van der Waals surface area contributed by atoms with E-state index < -0.39 is 5.56 Å². The molecule has 3 N–H and O–H groups in total. The number of nitrogens with zero attached hydrogens (tertiary/aromatic N) is 1. The van der Waals surface area contributed by atoms with Crippen molar-refractivity contribution in [1.82, 2.24) is 15.2 Å². The number of benzene rings is 1. The van der Waals surface area contributed by atoms with E-state index in [2.05, 4.69) is 20.5 Å². The summed E-state index contributed by atoms with van der Waals surface area (Å²) in [5, 5.41) is 10.1. The molecule has 0 radical (unpaired) electrons. The zero-order valence-corrected chi connectivity index (χ0v) is 11.7. The van der Waals surface area contributed by atoms with Gasteiger partial charge < -0.3 is 10.3 Å². The molecule has 0 amide bonds. The second kappa shape index (κ2) is 5.57. The van der Waals surface area contributed by atoms with Crippen LogP contribution in [0.3, 0.4) is 0 Å². The lowest BCUT2D eigenvalue weighted by Crippen LogP contribution is -2.13. The molecule has 0 saturated carbocycles. The van der Waals surface area contributed by atoms with Crippen LogP contribution in [0.1, 0.15) is 5.56 Å². The second-order valence-electron chi connectivity index (χ2n) is 4.61. The molecule has 0 fully saturated rings. The minimum atomic E-state index is -0.427. The highest BCUT2D eigenvalue weighted by molar-refractivity contribution is 6.32. The Hall–Kier alpha value is -2.34. The lowest BCUT2D eigenvalue weighted by atomic mass is 10.1. The normalized spacial score (nSPS) is 11.0. The molecule has 108 valence electrons. The number of aromatic nitrogens is 3. The molecule has 0 aliphatic rings. The maximum absolute atomic E-state index is 13.1. The minimum Gasteiger partial charge on any atom is -0.382 e. The van der Waals surface area contributed by atoms with E-state index in [1.54, 1.807) is 6.07 Å². The standard InChI is InChI=1S/C14H12ClFN4O/c15-13-12(7-19-20-14(13)21)17-4-3-8-6-18-11-5-9(16)1-2-10(8)11/h1-2,5-7,18H,3-4H2,(H2,17,20,21). The van der Waals surface area contributed by atoms with E-state index in [0.717, 1.165) is 16.5 Å².